The van der Waals surface area contributed by atoms with Gasteiger partial charge in [0.2, 0.25) is 0 Å². The highest BCUT2D eigenvalue weighted by Gasteiger charge is 2.19. The van der Waals surface area contributed by atoms with Gasteiger partial charge in [-0.15, -0.1) is 12.4 Å². The van der Waals surface area contributed by atoms with Gasteiger partial charge in [-0.2, -0.15) is 0 Å². The average molecular weight is 319 g/mol. The van der Waals surface area contributed by atoms with Gasteiger partial charge in [-0.3, -0.25) is 20.2 Å². The second kappa shape index (κ2) is 9.09. The molecule has 0 heterocycles. The van der Waals surface area contributed by atoms with Crippen LogP contribution >= 0.6 is 12.4 Å². The Morgan fingerprint density at radius 1 is 1.14 bits per heavy atom. The number of nitrogens with zero attached hydrogens (tertiary/aromatic N) is 3. The van der Waals surface area contributed by atoms with Crippen molar-refractivity contribution in [2.24, 2.45) is 0 Å². The molecule has 1 N–H and O–H groups in total. The number of non-ortho nitro benzene ring substituents is 1. The maximum atomic E-state index is 10.9. The molecule has 0 radical (unpaired) electrons. The highest BCUT2D eigenvalue weighted by molar-refractivity contribution is 5.85. The van der Waals surface area contributed by atoms with Crippen LogP contribution in [0.15, 0.2) is 18.2 Å². The fourth-order valence-corrected chi connectivity index (χ4v) is 1.82. The third-order valence-corrected chi connectivity index (χ3v) is 3.03. The number of anilines is 1. The van der Waals surface area contributed by atoms with Gasteiger partial charge in [0.05, 0.1) is 15.9 Å². The number of rotatable bonds is 8. The van der Waals surface area contributed by atoms with Crippen LogP contribution in [0.2, 0.25) is 0 Å². The van der Waals surface area contributed by atoms with Crippen molar-refractivity contribution in [1.82, 2.24) is 4.90 Å². The summed E-state index contributed by atoms with van der Waals surface area (Å²) in [5.41, 5.74) is -0.266. The van der Waals surface area contributed by atoms with Gasteiger partial charge in [0.25, 0.3) is 11.4 Å². The molecule has 0 atom stereocenters. The average Bonchev–Trinajstić information content (AvgIpc) is 2.43. The van der Waals surface area contributed by atoms with E-state index in [1.165, 1.54) is 12.1 Å². The monoisotopic (exact) mass is 318 g/mol. The number of hydrogen-bond acceptors (Lipinski definition) is 6. The summed E-state index contributed by atoms with van der Waals surface area (Å²) in [7, 11) is 0. The standard InChI is InChI=1S/C12H18N4O4.ClH/c1-3-14(4-2)8-7-13-11-6-5-10(15(17)18)9-12(11)16(19)20;/h5-6,9,13H,3-4,7-8H2,1-2H3;1H. The highest BCUT2D eigenvalue weighted by Crippen LogP contribution is 2.28. The van der Waals surface area contributed by atoms with E-state index in [1.807, 2.05) is 13.8 Å². The Kier molecular flexibility index (Phi) is 8.25. The highest BCUT2D eigenvalue weighted by atomic mass is 35.5. The topological polar surface area (TPSA) is 102 Å². The first-order valence-electron chi connectivity index (χ1n) is 6.38. The van der Waals surface area contributed by atoms with Crippen LogP contribution in [-0.4, -0.2) is 40.9 Å². The predicted octanol–water partition coefficient (Wildman–Crippen LogP) is 2.68. The van der Waals surface area contributed by atoms with Crippen molar-refractivity contribution in [3.05, 3.63) is 38.4 Å². The van der Waals surface area contributed by atoms with E-state index in [1.54, 1.807) is 0 Å². The summed E-state index contributed by atoms with van der Waals surface area (Å²) in [4.78, 5) is 22.5. The molecule has 1 rings (SSSR count). The van der Waals surface area contributed by atoms with E-state index in [9.17, 15) is 20.2 Å². The van der Waals surface area contributed by atoms with E-state index in [0.29, 0.717) is 12.2 Å². The lowest BCUT2D eigenvalue weighted by atomic mass is 10.2. The van der Waals surface area contributed by atoms with Gasteiger partial charge >= 0.3 is 0 Å². The van der Waals surface area contributed by atoms with Crippen molar-refractivity contribution in [1.29, 1.82) is 0 Å². The van der Waals surface area contributed by atoms with Crippen molar-refractivity contribution >= 4 is 29.5 Å². The van der Waals surface area contributed by atoms with E-state index in [0.717, 1.165) is 25.7 Å². The van der Waals surface area contributed by atoms with Crippen molar-refractivity contribution in [2.75, 3.05) is 31.5 Å². The summed E-state index contributed by atoms with van der Waals surface area (Å²) in [5, 5.41) is 24.5. The molecule has 0 aliphatic rings. The smallest absolute Gasteiger partial charge is 0.299 e. The van der Waals surface area contributed by atoms with E-state index in [-0.39, 0.29) is 23.8 Å². The number of halogens is 1. The molecule has 0 aromatic heterocycles. The van der Waals surface area contributed by atoms with Crippen LogP contribution in [0, 0.1) is 20.2 Å². The number of benzene rings is 1. The summed E-state index contributed by atoms with van der Waals surface area (Å²) >= 11 is 0. The molecule has 8 nitrogen and oxygen atoms in total. The molecule has 0 aliphatic heterocycles. The maximum Gasteiger partial charge on any atom is 0.299 e. The van der Waals surface area contributed by atoms with Crippen LogP contribution in [-0.2, 0) is 0 Å². The summed E-state index contributed by atoms with van der Waals surface area (Å²) in [6, 6.07) is 3.60. The Morgan fingerprint density at radius 2 is 1.76 bits per heavy atom. The SMILES string of the molecule is CCN(CC)CCNc1ccc([N+](=O)[O-])cc1[N+](=O)[O-].Cl. The van der Waals surface area contributed by atoms with Gasteiger partial charge in [-0.05, 0) is 19.2 Å². The molecule has 0 amide bonds. The number of nitro groups is 2. The number of nitrogens with one attached hydrogen (secondary N) is 1. The first-order chi connectivity index (χ1) is 9.49. The van der Waals surface area contributed by atoms with Crippen LogP contribution in [0.1, 0.15) is 13.8 Å². The molecule has 21 heavy (non-hydrogen) atoms. The van der Waals surface area contributed by atoms with Crippen LogP contribution < -0.4 is 5.32 Å². The lowest BCUT2D eigenvalue weighted by Gasteiger charge is -2.18. The maximum absolute atomic E-state index is 10.9. The van der Waals surface area contributed by atoms with Crippen LogP contribution in [0.3, 0.4) is 0 Å². The quantitative estimate of drug-likeness (QED) is 0.584. The minimum atomic E-state index is -0.646. The van der Waals surface area contributed by atoms with E-state index in [4.69, 9.17) is 0 Å². The molecule has 1 aromatic carbocycles. The van der Waals surface area contributed by atoms with Crippen molar-refractivity contribution in [2.45, 2.75) is 13.8 Å². The second-order valence-electron chi connectivity index (χ2n) is 4.17. The molecular weight excluding hydrogens is 300 g/mol. The van der Waals surface area contributed by atoms with Gasteiger partial charge in [-0.1, -0.05) is 13.8 Å². The van der Waals surface area contributed by atoms with E-state index >= 15 is 0 Å². The zero-order chi connectivity index (χ0) is 15.1. The molecule has 118 valence electrons. The molecule has 9 heteroatoms. The Hall–Kier alpha value is -1.93. The van der Waals surface area contributed by atoms with E-state index < -0.39 is 9.85 Å². The summed E-state index contributed by atoms with van der Waals surface area (Å²) in [6.45, 7) is 7.18. The minimum Gasteiger partial charge on any atom is -0.378 e. The molecule has 0 fully saturated rings. The van der Waals surface area contributed by atoms with E-state index in [2.05, 4.69) is 10.2 Å². The fourth-order valence-electron chi connectivity index (χ4n) is 1.82. The van der Waals surface area contributed by atoms with Crippen LogP contribution in [0.5, 0.6) is 0 Å². The number of hydrogen-bond donors (Lipinski definition) is 1. The molecular formula is C12H19ClN4O4. The Bertz CT molecular complexity index is 494. The molecule has 0 spiro atoms. The zero-order valence-electron chi connectivity index (χ0n) is 11.9. The summed E-state index contributed by atoms with van der Waals surface area (Å²) < 4.78 is 0. The molecule has 1 aromatic rings. The molecule has 0 saturated carbocycles. The number of nitro benzene ring substituents is 2. The predicted molar refractivity (Wildman–Crippen MR) is 83.3 cm³/mol. The van der Waals surface area contributed by atoms with Crippen molar-refractivity contribution in [3.63, 3.8) is 0 Å². The van der Waals surface area contributed by atoms with Crippen molar-refractivity contribution < 1.29 is 9.85 Å². The first kappa shape index (κ1) is 19.1. The molecule has 0 bridgehead atoms. The van der Waals surface area contributed by atoms with Gasteiger partial charge in [0.15, 0.2) is 0 Å². The van der Waals surface area contributed by atoms with Gasteiger partial charge in [0.1, 0.15) is 5.69 Å². The molecule has 0 saturated heterocycles. The summed E-state index contributed by atoms with van der Waals surface area (Å²) in [6.07, 6.45) is 0. The third-order valence-electron chi connectivity index (χ3n) is 3.03. The Balaban J connectivity index is 0.00000400. The van der Waals surface area contributed by atoms with Gasteiger partial charge < -0.3 is 10.2 Å². The lowest BCUT2D eigenvalue weighted by Crippen LogP contribution is -2.28. The van der Waals surface area contributed by atoms with Gasteiger partial charge in [0, 0.05) is 19.2 Å². The molecule has 0 unspecified atom stereocenters. The Morgan fingerprint density at radius 3 is 2.24 bits per heavy atom. The fraction of sp³-hybridized carbons (Fsp3) is 0.500. The minimum absolute atomic E-state index is 0. The van der Waals surface area contributed by atoms with Crippen LogP contribution in [0.4, 0.5) is 17.1 Å². The summed E-state index contributed by atoms with van der Waals surface area (Å²) in [5.74, 6) is 0. The largest absolute Gasteiger partial charge is 0.378 e. The third kappa shape index (κ3) is 5.52. The zero-order valence-corrected chi connectivity index (χ0v) is 12.8. The van der Waals surface area contributed by atoms with Crippen LogP contribution in [0.25, 0.3) is 0 Å². The first-order valence-corrected chi connectivity index (χ1v) is 6.38. The Labute approximate surface area is 128 Å². The number of likely N-dealkylation sites (N-methyl/N-ethyl adjacent to an activating group) is 1. The normalized spacial score (nSPS) is 10.0. The second-order valence-corrected chi connectivity index (χ2v) is 4.17. The van der Waals surface area contributed by atoms with Crippen molar-refractivity contribution in [3.8, 4) is 0 Å². The lowest BCUT2D eigenvalue weighted by molar-refractivity contribution is -0.393. The van der Waals surface area contributed by atoms with Gasteiger partial charge in [-0.25, -0.2) is 0 Å². The molecule has 0 aliphatic carbocycles.